The minimum absolute atomic E-state index is 0.203. The maximum absolute atomic E-state index is 14.6. The summed E-state index contributed by atoms with van der Waals surface area (Å²) >= 11 is 0. The van der Waals surface area contributed by atoms with Crippen LogP contribution in [0, 0.1) is 17.5 Å². The van der Waals surface area contributed by atoms with E-state index in [0.29, 0.717) is 30.4 Å². The second kappa shape index (κ2) is 7.98. The van der Waals surface area contributed by atoms with E-state index in [1.807, 2.05) is 6.08 Å². The maximum Gasteiger partial charge on any atom is 0.166 e. The summed E-state index contributed by atoms with van der Waals surface area (Å²) < 4.78 is 48.0. The Morgan fingerprint density at radius 2 is 1.81 bits per heavy atom. The van der Waals surface area contributed by atoms with Gasteiger partial charge >= 0.3 is 0 Å². The lowest BCUT2D eigenvalue weighted by Crippen LogP contribution is -2.07. The summed E-state index contributed by atoms with van der Waals surface area (Å²) in [4.78, 5) is 0. The highest BCUT2D eigenvalue weighted by Crippen LogP contribution is 2.33. The highest BCUT2D eigenvalue weighted by atomic mass is 19.2. The first kappa shape index (κ1) is 18.6. The van der Waals surface area contributed by atoms with Gasteiger partial charge in [0.15, 0.2) is 23.2 Å². The van der Waals surface area contributed by atoms with E-state index in [2.05, 4.69) is 6.92 Å². The highest BCUT2D eigenvalue weighted by molar-refractivity contribution is 5.71. The normalized spacial score (nSPS) is 13.3. The van der Waals surface area contributed by atoms with E-state index < -0.39 is 17.5 Å². The van der Waals surface area contributed by atoms with Crippen LogP contribution in [-0.4, -0.2) is 7.11 Å². The van der Waals surface area contributed by atoms with Crippen molar-refractivity contribution in [2.45, 2.75) is 45.4 Å². The summed E-state index contributed by atoms with van der Waals surface area (Å²) in [5.41, 5.74) is 3.12. The molecule has 0 radical (unpaired) electrons. The molecule has 4 heteroatoms. The highest BCUT2D eigenvalue weighted by Gasteiger charge is 2.20. The molecule has 0 heterocycles. The van der Waals surface area contributed by atoms with E-state index in [1.54, 1.807) is 18.2 Å². The van der Waals surface area contributed by atoms with Crippen LogP contribution in [0.3, 0.4) is 0 Å². The van der Waals surface area contributed by atoms with Crippen molar-refractivity contribution in [2.75, 3.05) is 7.11 Å². The van der Waals surface area contributed by atoms with Crippen molar-refractivity contribution in [3.8, 4) is 5.75 Å². The standard InChI is InChI=1S/C22H23F3O/c1-3-4-5-6-14-9-10-18(22(25)21(14)24)16-8-7-15-13-20(26-2)19(23)12-17(15)11-16/h8-10,12-13H,3-7,11H2,1-2H3. The van der Waals surface area contributed by atoms with E-state index in [0.717, 1.165) is 30.4 Å². The topological polar surface area (TPSA) is 9.23 Å². The summed E-state index contributed by atoms with van der Waals surface area (Å²) in [6, 6.07) is 6.42. The second-order valence-electron chi connectivity index (χ2n) is 6.72. The van der Waals surface area contributed by atoms with E-state index in [9.17, 15) is 13.2 Å². The first-order chi connectivity index (χ1) is 12.5. The Bertz CT molecular complexity index is 840. The molecule has 0 atom stereocenters. The molecule has 3 rings (SSSR count). The number of benzene rings is 2. The van der Waals surface area contributed by atoms with Crippen molar-refractivity contribution in [2.24, 2.45) is 0 Å². The minimum atomic E-state index is -0.803. The Labute approximate surface area is 152 Å². The predicted octanol–water partition coefficient (Wildman–Crippen LogP) is 6.03. The number of allylic oxidation sites excluding steroid dienone is 2. The van der Waals surface area contributed by atoms with Gasteiger partial charge in [0.2, 0.25) is 0 Å². The lowest BCUT2D eigenvalue weighted by atomic mass is 9.87. The van der Waals surface area contributed by atoms with Crippen molar-refractivity contribution in [3.63, 3.8) is 0 Å². The van der Waals surface area contributed by atoms with Crippen LogP contribution in [0.25, 0.3) is 5.57 Å². The van der Waals surface area contributed by atoms with E-state index in [-0.39, 0.29) is 11.3 Å². The van der Waals surface area contributed by atoms with Crippen LogP contribution < -0.4 is 4.74 Å². The molecule has 0 aliphatic heterocycles. The van der Waals surface area contributed by atoms with Gasteiger partial charge in [-0.3, -0.25) is 0 Å². The van der Waals surface area contributed by atoms with Gasteiger partial charge in [-0.1, -0.05) is 38.0 Å². The van der Waals surface area contributed by atoms with E-state index in [4.69, 9.17) is 4.74 Å². The number of fused-ring (bicyclic) bond motifs is 1. The predicted molar refractivity (Wildman–Crippen MR) is 97.9 cm³/mol. The molecule has 0 saturated carbocycles. The molecule has 0 aromatic heterocycles. The van der Waals surface area contributed by atoms with Crippen LogP contribution in [0.15, 0.2) is 30.3 Å². The number of rotatable bonds is 6. The number of unbranched alkanes of at least 4 members (excludes halogenated alkanes) is 2. The summed E-state index contributed by atoms with van der Waals surface area (Å²) in [5.74, 6) is -1.80. The summed E-state index contributed by atoms with van der Waals surface area (Å²) in [6.45, 7) is 2.08. The number of hydrogen-bond acceptors (Lipinski definition) is 1. The molecule has 138 valence electrons. The van der Waals surface area contributed by atoms with Gasteiger partial charge in [-0.15, -0.1) is 0 Å². The molecule has 26 heavy (non-hydrogen) atoms. The Balaban J connectivity index is 1.86. The number of aryl methyl sites for hydroxylation is 1. The molecule has 2 aromatic carbocycles. The van der Waals surface area contributed by atoms with Crippen molar-refractivity contribution in [3.05, 3.63) is 70.0 Å². The zero-order chi connectivity index (χ0) is 18.7. The van der Waals surface area contributed by atoms with Gasteiger partial charge in [0, 0.05) is 5.56 Å². The second-order valence-corrected chi connectivity index (χ2v) is 6.72. The number of methoxy groups -OCH3 is 1. The molecule has 1 nitrogen and oxygen atoms in total. The lowest BCUT2D eigenvalue weighted by Gasteiger charge is -2.19. The zero-order valence-electron chi connectivity index (χ0n) is 15.2. The molecule has 0 amide bonds. The average Bonchev–Trinajstić information content (AvgIpc) is 2.64. The third-order valence-corrected chi connectivity index (χ3v) is 4.98. The van der Waals surface area contributed by atoms with Crippen molar-refractivity contribution in [1.82, 2.24) is 0 Å². The van der Waals surface area contributed by atoms with Gasteiger partial charge in [0.1, 0.15) is 0 Å². The number of ether oxygens (including phenoxy) is 1. The largest absolute Gasteiger partial charge is 0.494 e. The van der Waals surface area contributed by atoms with Crippen molar-refractivity contribution in [1.29, 1.82) is 0 Å². The van der Waals surface area contributed by atoms with Crippen LogP contribution in [-0.2, 0) is 19.3 Å². The van der Waals surface area contributed by atoms with Gasteiger partial charge in [0.25, 0.3) is 0 Å². The molecule has 0 N–H and O–H groups in total. The number of hydrogen-bond donors (Lipinski definition) is 0. The fourth-order valence-corrected chi connectivity index (χ4v) is 3.46. The molecule has 0 fully saturated rings. The van der Waals surface area contributed by atoms with Gasteiger partial charge < -0.3 is 4.74 Å². The molecule has 0 spiro atoms. The SMILES string of the molecule is CCCCCc1ccc(C2=CCc3cc(OC)c(F)cc3C2)c(F)c1F. The first-order valence-corrected chi connectivity index (χ1v) is 9.06. The Hall–Kier alpha value is -2.23. The Morgan fingerprint density at radius 1 is 1.00 bits per heavy atom. The van der Waals surface area contributed by atoms with E-state index in [1.165, 1.54) is 13.2 Å². The van der Waals surface area contributed by atoms with Gasteiger partial charge in [-0.2, -0.15) is 0 Å². The summed E-state index contributed by atoms with van der Waals surface area (Å²) in [7, 11) is 1.43. The monoisotopic (exact) mass is 360 g/mol. The van der Waals surface area contributed by atoms with Gasteiger partial charge in [0.05, 0.1) is 7.11 Å². The molecular formula is C22H23F3O. The van der Waals surface area contributed by atoms with Crippen LogP contribution in [0.1, 0.15) is 48.4 Å². The molecule has 0 saturated heterocycles. The minimum Gasteiger partial charge on any atom is -0.494 e. The maximum atomic E-state index is 14.6. The third-order valence-electron chi connectivity index (χ3n) is 4.98. The van der Waals surface area contributed by atoms with E-state index >= 15 is 0 Å². The number of halogens is 3. The van der Waals surface area contributed by atoms with Crippen molar-refractivity contribution < 1.29 is 17.9 Å². The van der Waals surface area contributed by atoms with Gasteiger partial charge in [-0.05, 0) is 60.1 Å². The fraction of sp³-hybridized carbons (Fsp3) is 0.364. The van der Waals surface area contributed by atoms with Crippen molar-refractivity contribution >= 4 is 5.57 Å². The molecule has 1 aliphatic rings. The van der Waals surface area contributed by atoms with Crippen LogP contribution in [0.4, 0.5) is 13.2 Å². The quantitative estimate of drug-likeness (QED) is 0.572. The summed E-state index contributed by atoms with van der Waals surface area (Å²) in [5, 5.41) is 0. The Kier molecular flexibility index (Phi) is 5.70. The molecule has 1 aliphatic carbocycles. The van der Waals surface area contributed by atoms with Crippen LogP contribution in [0.5, 0.6) is 5.75 Å². The smallest absolute Gasteiger partial charge is 0.166 e. The molecular weight excluding hydrogens is 337 g/mol. The molecule has 2 aromatic rings. The lowest BCUT2D eigenvalue weighted by molar-refractivity contribution is 0.385. The summed E-state index contributed by atoms with van der Waals surface area (Å²) in [6.07, 6.45) is 6.24. The average molecular weight is 360 g/mol. The van der Waals surface area contributed by atoms with Gasteiger partial charge in [-0.25, -0.2) is 13.2 Å². The van der Waals surface area contributed by atoms with Crippen LogP contribution in [0.2, 0.25) is 0 Å². The third kappa shape index (κ3) is 3.64. The fourth-order valence-electron chi connectivity index (χ4n) is 3.46. The first-order valence-electron chi connectivity index (χ1n) is 9.06. The molecule has 0 unspecified atom stereocenters. The van der Waals surface area contributed by atoms with Crippen LogP contribution >= 0.6 is 0 Å². The Morgan fingerprint density at radius 3 is 2.54 bits per heavy atom. The molecule has 0 bridgehead atoms. The zero-order valence-corrected chi connectivity index (χ0v) is 15.2.